The number of likely N-dealkylation sites (N-methyl/N-ethyl adjacent to an activating group) is 1. The van der Waals surface area contributed by atoms with E-state index < -0.39 is 18.8 Å². The quantitative estimate of drug-likeness (QED) is 0.783. The highest BCUT2D eigenvalue weighted by molar-refractivity contribution is 6.32. The zero-order chi connectivity index (χ0) is 14.2. The Morgan fingerprint density at radius 1 is 1.42 bits per heavy atom. The standard InChI is InChI=1S/C13H15ClF3NO/c1-3-8-4-9-6-18(2)11(13(15,16)17)7-19-12(9)10(14)5-8/h4-5,11H,3,6-7H2,1-2H3. The van der Waals surface area contributed by atoms with Crippen LogP contribution in [-0.4, -0.2) is 30.8 Å². The Morgan fingerprint density at radius 2 is 2.11 bits per heavy atom. The van der Waals surface area contributed by atoms with Gasteiger partial charge in [-0.2, -0.15) is 13.2 Å². The molecule has 0 amide bonds. The second-order valence-electron chi connectivity index (χ2n) is 4.70. The first-order valence-corrected chi connectivity index (χ1v) is 6.41. The third-order valence-electron chi connectivity index (χ3n) is 3.30. The molecule has 0 spiro atoms. The second kappa shape index (κ2) is 5.21. The van der Waals surface area contributed by atoms with Gasteiger partial charge in [-0.05, 0) is 25.1 Å². The van der Waals surface area contributed by atoms with Crippen molar-refractivity contribution in [2.45, 2.75) is 32.1 Å². The van der Waals surface area contributed by atoms with E-state index in [1.807, 2.05) is 13.0 Å². The minimum atomic E-state index is -4.31. The van der Waals surface area contributed by atoms with E-state index in [1.54, 1.807) is 6.07 Å². The van der Waals surface area contributed by atoms with Crippen LogP contribution in [0.25, 0.3) is 0 Å². The van der Waals surface area contributed by atoms with Crippen molar-refractivity contribution in [3.63, 3.8) is 0 Å². The fourth-order valence-corrected chi connectivity index (χ4v) is 2.52. The molecule has 0 saturated heterocycles. The molecular formula is C13H15ClF3NO. The second-order valence-corrected chi connectivity index (χ2v) is 5.11. The summed E-state index contributed by atoms with van der Waals surface area (Å²) in [5.74, 6) is 0.373. The third-order valence-corrected chi connectivity index (χ3v) is 3.58. The zero-order valence-corrected chi connectivity index (χ0v) is 11.5. The average Bonchev–Trinajstić information content (AvgIpc) is 2.46. The van der Waals surface area contributed by atoms with Gasteiger partial charge in [0.1, 0.15) is 18.4 Å². The molecular weight excluding hydrogens is 279 g/mol. The van der Waals surface area contributed by atoms with Crippen LogP contribution in [0.15, 0.2) is 12.1 Å². The van der Waals surface area contributed by atoms with Crippen molar-refractivity contribution in [2.24, 2.45) is 0 Å². The van der Waals surface area contributed by atoms with Gasteiger partial charge >= 0.3 is 6.18 Å². The summed E-state index contributed by atoms with van der Waals surface area (Å²) in [5.41, 5.74) is 1.70. The maximum atomic E-state index is 12.9. The first kappa shape index (κ1) is 14.5. The molecule has 0 fully saturated rings. The van der Waals surface area contributed by atoms with E-state index in [0.29, 0.717) is 16.3 Å². The van der Waals surface area contributed by atoms with Gasteiger partial charge in [-0.15, -0.1) is 0 Å². The highest BCUT2D eigenvalue weighted by Gasteiger charge is 2.44. The molecule has 1 aromatic rings. The molecule has 0 aromatic heterocycles. The first-order valence-electron chi connectivity index (χ1n) is 6.04. The van der Waals surface area contributed by atoms with Crippen LogP contribution in [0.4, 0.5) is 13.2 Å². The SMILES string of the molecule is CCc1cc(Cl)c2c(c1)CN(C)C(C(F)(F)F)CO2. The number of halogens is 4. The van der Waals surface area contributed by atoms with Gasteiger partial charge in [0.2, 0.25) is 0 Å². The summed E-state index contributed by atoms with van der Waals surface area (Å²) in [6.45, 7) is 1.71. The van der Waals surface area contributed by atoms with E-state index in [-0.39, 0.29) is 6.54 Å². The molecule has 1 atom stereocenters. The van der Waals surface area contributed by atoms with Gasteiger partial charge in [0.05, 0.1) is 5.02 Å². The largest absolute Gasteiger partial charge is 0.490 e. The van der Waals surface area contributed by atoms with E-state index in [9.17, 15) is 13.2 Å². The number of ether oxygens (including phenoxy) is 1. The summed E-state index contributed by atoms with van der Waals surface area (Å²) >= 11 is 6.08. The number of hydrogen-bond acceptors (Lipinski definition) is 2. The molecule has 2 rings (SSSR count). The lowest BCUT2D eigenvalue weighted by atomic mass is 10.1. The molecule has 1 heterocycles. The topological polar surface area (TPSA) is 12.5 Å². The zero-order valence-electron chi connectivity index (χ0n) is 10.7. The summed E-state index contributed by atoms with van der Waals surface area (Å²) in [6.07, 6.45) is -3.53. The highest BCUT2D eigenvalue weighted by Crippen LogP contribution is 2.36. The molecule has 1 unspecified atom stereocenters. The van der Waals surface area contributed by atoms with Crippen LogP contribution in [0.5, 0.6) is 5.75 Å². The Hall–Kier alpha value is -0.940. The number of fused-ring (bicyclic) bond motifs is 1. The molecule has 106 valence electrons. The minimum Gasteiger partial charge on any atom is -0.490 e. The Balaban J connectivity index is 2.36. The van der Waals surface area contributed by atoms with Gasteiger partial charge in [-0.25, -0.2) is 0 Å². The number of alkyl halides is 3. The Bertz CT molecular complexity index is 476. The van der Waals surface area contributed by atoms with Crippen molar-refractivity contribution in [1.29, 1.82) is 0 Å². The Kier molecular flexibility index (Phi) is 3.97. The Labute approximate surface area is 115 Å². The molecule has 0 N–H and O–H groups in total. The van der Waals surface area contributed by atoms with E-state index in [2.05, 4.69) is 0 Å². The van der Waals surface area contributed by atoms with Crippen molar-refractivity contribution in [3.05, 3.63) is 28.3 Å². The van der Waals surface area contributed by atoms with Gasteiger partial charge in [-0.3, -0.25) is 4.90 Å². The van der Waals surface area contributed by atoms with Gasteiger partial charge in [0, 0.05) is 12.1 Å². The van der Waals surface area contributed by atoms with E-state index in [1.165, 1.54) is 11.9 Å². The van der Waals surface area contributed by atoms with Gasteiger partial charge < -0.3 is 4.74 Å². The van der Waals surface area contributed by atoms with Crippen molar-refractivity contribution >= 4 is 11.6 Å². The maximum Gasteiger partial charge on any atom is 0.407 e. The van der Waals surface area contributed by atoms with Crippen molar-refractivity contribution in [3.8, 4) is 5.75 Å². The number of benzene rings is 1. The van der Waals surface area contributed by atoms with Crippen LogP contribution >= 0.6 is 11.6 Å². The minimum absolute atomic E-state index is 0.174. The molecule has 19 heavy (non-hydrogen) atoms. The lowest BCUT2D eigenvalue weighted by Crippen LogP contribution is -2.45. The van der Waals surface area contributed by atoms with Crippen molar-refractivity contribution in [1.82, 2.24) is 4.90 Å². The van der Waals surface area contributed by atoms with Crippen molar-refractivity contribution < 1.29 is 17.9 Å². The summed E-state index contributed by atoms with van der Waals surface area (Å²) < 4.78 is 44.0. The van der Waals surface area contributed by atoms with Gasteiger partial charge in [0.15, 0.2) is 0 Å². The van der Waals surface area contributed by atoms with E-state index in [4.69, 9.17) is 16.3 Å². The predicted octanol–water partition coefficient (Wildman–Crippen LogP) is 3.66. The monoisotopic (exact) mass is 293 g/mol. The van der Waals surface area contributed by atoms with Gasteiger partial charge in [-0.1, -0.05) is 24.6 Å². The normalized spacial score (nSPS) is 20.6. The smallest absolute Gasteiger partial charge is 0.407 e. The fraction of sp³-hybridized carbons (Fsp3) is 0.538. The summed E-state index contributed by atoms with van der Waals surface area (Å²) in [5, 5.41) is 0.380. The molecule has 1 aliphatic rings. The van der Waals surface area contributed by atoms with Crippen LogP contribution in [0.1, 0.15) is 18.1 Å². The van der Waals surface area contributed by atoms with Crippen LogP contribution in [-0.2, 0) is 13.0 Å². The lowest BCUT2D eigenvalue weighted by Gasteiger charge is -2.26. The molecule has 6 heteroatoms. The third kappa shape index (κ3) is 2.98. The molecule has 0 bridgehead atoms. The Morgan fingerprint density at radius 3 is 2.68 bits per heavy atom. The first-order chi connectivity index (χ1) is 8.82. The highest BCUT2D eigenvalue weighted by atomic mass is 35.5. The van der Waals surface area contributed by atoms with Gasteiger partial charge in [0.25, 0.3) is 0 Å². The van der Waals surface area contributed by atoms with Crippen LogP contribution in [0.2, 0.25) is 5.02 Å². The number of nitrogens with zero attached hydrogens (tertiary/aromatic N) is 1. The molecule has 1 aliphatic heterocycles. The number of hydrogen-bond donors (Lipinski definition) is 0. The van der Waals surface area contributed by atoms with E-state index >= 15 is 0 Å². The fourth-order valence-electron chi connectivity index (χ4n) is 2.21. The lowest BCUT2D eigenvalue weighted by molar-refractivity contribution is -0.186. The summed E-state index contributed by atoms with van der Waals surface area (Å²) in [4.78, 5) is 1.25. The van der Waals surface area contributed by atoms with Crippen molar-refractivity contribution in [2.75, 3.05) is 13.7 Å². The average molecular weight is 294 g/mol. The molecule has 1 aromatic carbocycles. The molecule has 0 aliphatic carbocycles. The number of aryl methyl sites for hydroxylation is 1. The van der Waals surface area contributed by atoms with Crippen LogP contribution in [0.3, 0.4) is 0 Å². The van der Waals surface area contributed by atoms with Crippen LogP contribution in [0, 0.1) is 0 Å². The molecule has 0 radical (unpaired) electrons. The molecule has 2 nitrogen and oxygen atoms in total. The molecule has 0 saturated carbocycles. The predicted molar refractivity (Wildman–Crippen MR) is 67.6 cm³/mol. The number of rotatable bonds is 1. The summed E-state index contributed by atoms with van der Waals surface area (Å²) in [7, 11) is 1.45. The van der Waals surface area contributed by atoms with E-state index in [0.717, 1.165) is 12.0 Å². The summed E-state index contributed by atoms with van der Waals surface area (Å²) in [6, 6.07) is 1.99. The maximum absolute atomic E-state index is 12.9. The van der Waals surface area contributed by atoms with Crippen LogP contribution < -0.4 is 4.74 Å².